The van der Waals surface area contributed by atoms with Gasteiger partial charge >= 0.3 is 15.6 Å². The Balaban J connectivity index is 2.45. The van der Waals surface area contributed by atoms with Crippen LogP contribution in [0.4, 0.5) is 0 Å². The molecular weight excluding hydrogens is 282 g/mol. The normalized spacial score (nSPS) is 33.6. The average molecular weight is 294 g/mol. The van der Waals surface area contributed by atoms with E-state index in [9.17, 15) is 14.2 Å². The van der Waals surface area contributed by atoms with Gasteiger partial charge in [0.2, 0.25) is 0 Å². The highest BCUT2D eigenvalue weighted by Crippen LogP contribution is 2.57. The Labute approximate surface area is 95.6 Å². The predicted octanol–water partition coefficient (Wildman–Crippen LogP) is -1.67. The first-order chi connectivity index (χ1) is 7.61. The molecule has 0 aliphatic carbocycles. The fourth-order valence-electron chi connectivity index (χ4n) is 1.14. The fourth-order valence-corrected chi connectivity index (χ4v) is 2.74. The topological polar surface area (TPSA) is 163 Å². The van der Waals surface area contributed by atoms with E-state index < -0.39 is 40.6 Å². The molecule has 0 spiro atoms. The Hall–Kier alpha value is 0.140. The molecular formula is C5H12O10P2. The van der Waals surface area contributed by atoms with Crippen LogP contribution < -0.4 is 0 Å². The van der Waals surface area contributed by atoms with E-state index in [-0.39, 0.29) is 6.61 Å². The Morgan fingerprint density at radius 2 is 1.82 bits per heavy atom. The second kappa shape index (κ2) is 5.41. The van der Waals surface area contributed by atoms with Crippen LogP contribution in [0, 0.1) is 0 Å². The van der Waals surface area contributed by atoms with Gasteiger partial charge in [-0.25, -0.2) is 9.13 Å². The van der Waals surface area contributed by atoms with Crippen molar-refractivity contribution in [2.24, 2.45) is 0 Å². The Morgan fingerprint density at radius 3 is 2.24 bits per heavy atom. The number of rotatable bonds is 5. The number of hydrogen-bond donors (Lipinski definition) is 5. The molecule has 5 N–H and O–H groups in total. The van der Waals surface area contributed by atoms with Gasteiger partial charge in [-0.05, 0) is 0 Å². The summed E-state index contributed by atoms with van der Waals surface area (Å²) in [4.78, 5) is 25.5. The monoisotopic (exact) mass is 294 g/mol. The lowest BCUT2D eigenvalue weighted by atomic mass is 10.2. The van der Waals surface area contributed by atoms with Crippen LogP contribution in [0.5, 0.6) is 0 Å². The highest BCUT2D eigenvalue weighted by Gasteiger charge is 2.38. The van der Waals surface area contributed by atoms with Crippen LogP contribution in [0.3, 0.4) is 0 Å². The standard InChI is InChI=1S/C5H12O10P2/c6-3-1-13-4(5(3)7)2-14-17(11,12)15-16(8,9)10/h3-7H,1-2H2,(H,11,12)(H2,8,9,10)/t3-,4+,5-/m0/s1. The quantitative estimate of drug-likeness (QED) is 0.370. The minimum Gasteiger partial charge on any atom is -0.388 e. The summed E-state index contributed by atoms with van der Waals surface area (Å²) in [5, 5.41) is 18.3. The molecule has 1 unspecified atom stereocenters. The van der Waals surface area contributed by atoms with Crippen LogP contribution in [-0.2, 0) is 22.7 Å². The van der Waals surface area contributed by atoms with Crippen molar-refractivity contribution >= 4 is 15.6 Å². The van der Waals surface area contributed by atoms with Gasteiger partial charge in [-0.3, -0.25) is 4.52 Å². The molecule has 1 heterocycles. The molecule has 0 bridgehead atoms. The lowest BCUT2D eigenvalue weighted by Crippen LogP contribution is -2.32. The van der Waals surface area contributed by atoms with Gasteiger partial charge in [0.15, 0.2) is 0 Å². The van der Waals surface area contributed by atoms with Gasteiger partial charge in [0, 0.05) is 0 Å². The highest BCUT2D eigenvalue weighted by molar-refractivity contribution is 7.60. The van der Waals surface area contributed by atoms with Crippen LogP contribution >= 0.6 is 15.6 Å². The zero-order valence-electron chi connectivity index (χ0n) is 8.32. The summed E-state index contributed by atoms with van der Waals surface area (Å²) in [7, 11) is -10.1. The summed E-state index contributed by atoms with van der Waals surface area (Å²) in [5.74, 6) is 0. The molecule has 0 aromatic carbocycles. The molecule has 1 rings (SSSR count). The van der Waals surface area contributed by atoms with Crippen molar-refractivity contribution in [1.29, 1.82) is 0 Å². The number of ether oxygens (including phenoxy) is 1. The first-order valence-corrected chi connectivity index (χ1v) is 7.35. The molecule has 0 amide bonds. The molecule has 10 nitrogen and oxygen atoms in total. The van der Waals surface area contributed by atoms with E-state index >= 15 is 0 Å². The van der Waals surface area contributed by atoms with E-state index in [1.165, 1.54) is 0 Å². The minimum absolute atomic E-state index is 0.176. The summed E-state index contributed by atoms with van der Waals surface area (Å²) in [6, 6.07) is 0. The van der Waals surface area contributed by atoms with Crippen molar-refractivity contribution in [1.82, 2.24) is 0 Å². The maximum Gasteiger partial charge on any atom is 0.481 e. The van der Waals surface area contributed by atoms with E-state index in [0.717, 1.165) is 0 Å². The molecule has 4 atom stereocenters. The SMILES string of the molecule is O=P(O)(O)OP(=O)(O)OC[C@H]1OC[C@H](O)[C@@H]1O. The number of aliphatic hydroxyl groups is 2. The van der Waals surface area contributed by atoms with E-state index in [1.807, 2.05) is 0 Å². The molecule has 1 fully saturated rings. The third kappa shape index (κ3) is 5.11. The molecule has 0 saturated carbocycles. The summed E-state index contributed by atoms with van der Waals surface area (Å²) >= 11 is 0. The molecule has 0 aromatic rings. The van der Waals surface area contributed by atoms with Gasteiger partial charge in [-0.15, -0.1) is 0 Å². The summed E-state index contributed by atoms with van der Waals surface area (Å²) < 4.78 is 33.8. The van der Waals surface area contributed by atoms with Crippen LogP contribution in [0.15, 0.2) is 0 Å². The number of phosphoric ester groups is 1. The van der Waals surface area contributed by atoms with Crippen molar-refractivity contribution in [3.8, 4) is 0 Å². The number of aliphatic hydroxyl groups excluding tert-OH is 2. The zero-order valence-corrected chi connectivity index (χ0v) is 10.1. The number of hydrogen-bond acceptors (Lipinski definition) is 7. The van der Waals surface area contributed by atoms with Crippen molar-refractivity contribution in [3.05, 3.63) is 0 Å². The van der Waals surface area contributed by atoms with Crippen molar-refractivity contribution in [2.45, 2.75) is 18.3 Å². The van der Waals surface area contributed by atoms with Crippen LogP contribution in [0.1, 0.15) is 0 Å². The smallest absolute Gasteiger partial charge is 0.388 e. The van der Waals surface area contributed by atoms with Crippen molar-refractivity contribution < 1.29 is 47.6 Å². The maximum atomic E-state index is 11.0. The third-order valence-electron chi connectivity index (χ3n) is 1.87. The third-order valence-corrected chi connectivity index (χ3v) is 4.02. The van der Waals surface area contributed by atoms with Crippen LogP contribution in [-0.4, -0.2) is 56.4 Å². The van der Waals surface area contributed by atoms with Gasteiger partial charge in [0.25, 0.3) is 0 Å². The van der Waals surface area contributed by atoms with E-state index in [0.29, 0.717) is 0 Å². The molecule has 1 aliphatic heterocycles. The minimum atomic E-state index is -5.17. The molecule has 0 aromatic heterocycles. The maximum absolute atomic E-state index is 11.0. The average Bonchev–Trinajstić information content (AvgIpc) is 2.41. The highest BCUT2D eigenvalue weighted by atomic mass is 31.3. The summed E-state index contributed by atoms with van der Waals surface area (Å²) in [6.07, 6.45) is -3.54. The molecule has 1 saturated heterocycles. The van der Waals surface area contributed by atoms with Gasteiger partial charge < -0.3 is 29.6 Å². The van der Waals surface area contributed by atoms with E-state index in [1.54, 1.807) is 0 Å². The second-order valence-corrected chi connectivity index (χ2v) is 6.10. The van der Waals surface area contributed by atoms with Gasteiger partial charge in [-0.1, -0.05) is 0 Å². The van der Waals surface area contributed by atoms with E-state index in [4.69, 9.17) is 24.5 Å². The fraction of sp³-hybridized carbons (Fsp3) is 1.00. The van der Waals surface area contributed by atoms with Gasteiger partial charge in [0.1, 0.15) is 18.3 Å². The van der Waals surface area contributed by atoms with Crippen LogP contribution in [0.2, 0.25) is 0 Å². The lowest BCUT2D eigenvalue weighted by molar-refractivity contribution is -0.00593. The van der Waals surface area contributed by atoms with Crippen molar-refractivity contribution in [3.63, 3.8) is 0 Å². The summed E-state index contributed by atoms with van der Waals surface area (Å²) in [6.45, 7) is -0.837. The first kappa shape index (κ1) is 15.2. The Bertz CT molecular complexity index is 351. The zero-order chi connectivity index (χ0) is 13.3. The molecule has 0 radical (unpaired) electrons. The lowest BCUT2D eigenvalue weighted by Gasteiger charge is -2.17. The Kier molecular flexibility index (Phi) is 4.84. The molecule has 1 aliphatic rings. The largest absolute Gasteiger partial charge is 0.481 e. The van der Waals surface area contributed by atoms with Gasteiger partial charge in [-0.2, -0.15) is 4.31 Å². The number of phosphoric acid groups is 2. The van der Waals surface area contributed by atoms with E-state index in [2.05, 4.69) is 8.83 Å². The predicted molar refractivity (Wildman–Crippen MR) is 50.7 cm³/mol. The molecule has 102 valence electrons. The first-order valence-electron chi connectivity index (χ1n) is 4.33. The van der Waals surface area contributed by atoms with Gasteiger partial charge in [0.05, 0.1) is 13.2 Å². The second-order valence-electron chi connectivity index (χ2n) is 3.27. The molecule has 17 heavy (non-hydrogen) atoms. The van der Waals surface area contributed by atoms with Crippen molar-refractivity contribution in [2.75, 3.05) is 13.2 Å². The Morgan fingerprint density at radius 1 is 1.24 bits per heavy atom. The summed E-state index contributed by atoms with van der Waals surface area (Å²) in [5.41, 5.74) is 0. The van der Waals surface area contributed by atoms with Crippen LogP contribution in [0.25, 0.3) is 0 Å². The molecule has 12 heteroatoms.